The van der Waals surface area contributed by atoms with Crippen molar-refractivity contribution in [2.45, 2.75) is 25.7 Å². The van der Waals surface area contributed by atoms with E-state index in [4.69, 9.17) is 0 Å². The lowest BCUT2D eigenvalue weighted by Crippen LogP contribution is -2.29. The van der Waals surface area contributed by atoms with Crippen LogP contribution in [0.1, 0.15) is 26.3 Å². The molecule has 0 unspecified atom stereocenters. The Balaban J connectivity index is 3.10. The van der Waals surface area contributed by atoms with E-state index in [1.165, 1.54) is 0 Å². The number of hydrogen-bond donors (Lipinski definition) is 0. The molecule has 1 aromatic rings. The smallest absolute Gasteiger partial charge is 0.102 e. The minimum absolute atomic E-state index is 0.219. The molecule has 0 saturated heterocycles. The molecule has 0 bridgehead atoms. The summed E-state index contributed by atoms with van der Waals surface area (Å²) in [5.41, 5.74) is 2.03. The normalized spacial score (nSPS) is 11.1. The van der Waals surface area contributed by atoms with Crippen molar-refractivity contribution in [3.8, 4) is 6.07 Å². The summed E-state index contributed by atoms with van der Waals surface area (Å²) in [4.78, 5) is 3.21. The van der Waals surface area contributed by atoms with Crippen molar-refractivity contribution in [3.05, 3.63) is 23.8 Å². The molecule has 1 rings (SSSR count). The Hall–Kier alpha value is -1.14. The molecule has 0 saturated carbocycles. The summed E-state index contributed by atoms with van der Waals surface area (Å²) in [6.07, 6.45) is 2.00. The summed E-state index contributed by atoms with van der Waals surface area (Å²) >= 11 is 1.62. The molecule has 2 nitrogen and oxygen atoms in total. The molecule has 0 atom stereocenters. The van der Waals surface area contributed by atoms with Crippen LogP contribution < -0.4 is 4.90 Å². The summed E-state index contributed by atoms with van der Waals surface area (Å²) in [7, 11) is 2.05. The molecular formula is C14H20N2S. The van der Waals surface area contributed by atoms with E-state index in [0.29, 0.717) is 0 Å². The van der Waals surface area contributed by atoms with Gasteiger partial charge in [0, 0.05) is 18.5 Å². The Labute approximate surface area is 109 Å². The first kappa shape index (κ1) is 13.9. The van der Waals surface area contributed by atoms with Crippen LogP contribution in [0.2, 0.25) is 0 Å². The maximum atomic E-state index is 9.29. The average Bonchev–Trinajstić information content (AvgIpc) is 2.25. The molecule has 0 radical (unpaired) electrons. The Bertz CT molecular complexity index is 427. The minimum atomic E-state index is 0.219. The van der Waals surface area contributed by atoms with Crippen LogP contribution in [-0.2, 0) is 0 Å². The van der Waals surface area contributed by atoms with Crippen LogP contribution in [-0.4, -0.2) is 19.8 Å². The van der Waals surface area contributed by atoms with Crippen molar-refractivity contribution in [1.82, 2.24) is 0 Å². The molecule has 0 heterocycles. The van der Waals surface area contributed by atoms with Crippen molar-refractivity contribution in [3.63, 3.8) is 0 Å². The average molecular weight is 248 g/mol. The van der Waals surface area contributed by atoms with Crippen molar-refractivity contribution < 1.29 is 0 Å². The van der Waals surface area contributed by atoms with Gasteiger partial charge in [0.15, 0.2) is 0 Å². The van der Waals surface area contributed by atoms with Crippen LogP contribution in [0.5, 0.6) is 0 Å². The molecule has 0 aliphatic heterocycles. The Morgan fingerprint density at radius 1 is 1.35 bits per heavy atom. The predicted octanol–water partition coefficient (Wildman–Crippen LogP) is 3.76. The molecule has 0 amide bonds. The topological polar surface area (TPSA) is 27.0 Å². The summed E-state index contributed by atoms with van der Waals surface area (Å²) in [6, 6.07) is 8.35. The summed E-state index contributed by atoms with van der Waals surface area (Å²) in [6.45, 7) is 7.54. The molecule has 0 fully saturated rings. The molecule has 0 aliphatic rings. The van der Waals surface area contributed by atoms with Crippen LogP contribution >= 0.6 is 11.8 Å². The Morgan fingerprint density at radius 3 is 2.47 bits per heavy atom. The van der Waals surface area contributed by atoms with Crippen LogP contribution in [0.25, 0.3) is 0 Å². The summed E-state index contributed by atoms with van der Waals surface area (Å²) < 4.78 is 0. The number of hydrogen-bond acceptors (Lipinski definition) is 3. The van der Waals surface area contributed by atoms with Crippen LogP contribution in [0.3, 0.4) is 0 Å². The quantitative estimate of drug-likeness (QED) is 0.762. The third-order valence-corrected chi connectivity index (χ3v) is 3.24. The highest BCUT2D eigenvalue weighted by atomic mass is 32.2. The third-order valence-electron chi connectivity index (χ3n) is 2.46. The Morgan fingerprint density at radius 2 is 2.00 bits per heavy atom. The maximum absolute atomic E-state index is 9.29. The first-order chi connectivity index (χ1) is 7.89. The maximum Gasteiger partial charge on any atom is 0.102 e. The zero-order chi connectivity index (χ0) is 13.1. The highest BCUT2D eigenvalue weighted by molar-refractivity contribution is 7.98. The van der Waals surface area contributed by atoms with Gasteiger partial charge in [0.25, 0.3) is 0 Å². The molecule has 17 heavy (non-hydrogen) atoms. The second-order valence-electron chi connectivity index (χ2n) is 5.38. The van der Waals surface area contributed by atoms with Gasteiger partial charge in [-0.25, -0.2) is 0 Å². The standard InChI is InChI=1S/C14H20N2S/c1-14(2,3)10-16(4)12-7-6-8-13(17-5)11(12)9-15/h6-8H,10H2,1-5H3. The highest BCUT2D eigenvalue weighted by Crippen LogP contribution is 2.29. The fraction of sp³-hybridized carbons (Fsp3) is 0.500. The van der Waals surface area contributed by atoms with E-state index < -0.39 is 0 Å². The lowest BCUT2D eigenvalue weighted by Gasteiger charge is -2.29. The SMILES string of the molecule is CSc1cccc(N(C)CC(C)(C)C)c1C#N. The fourth-order valence-electron chi connectivity index (χ4n) is 1.92. The number of anilines is 1. The lowest BCUT2D eigenvalue weighted by molar-refractivity contribution is 0.419. The minimum Gasteiger partial charge on any atom is -0.373 e. The van der Waals surface area contributed by atoms with Gasteiger partial charge >= 0.3 is 0 Å². The van der Waals surface area contributed by atoms with Crippen LogP contribution in [0.15, 0.2) is 23.1 Å². The van der Waals surface area contributed by atoms with E-state index in [2.05, 4.69) is 31.7 Å². The molecule has 1 aromatic carbocycles. The molecular weight excluding hydrogens is 228 g/mol. The van der Waals surface area contributed by atoms with Gasteiger partial charge in [0.2, 0.25) is 0 Å². The van der Waals surface area contributed by atoms with E-state index in [0.717, 1.165) is 22.7 Å². The highest BCUT2D eigenvalue weighted by Gasteiger charge is 2.17. The monoisotopic (exact) mass is 248 g/mol. The molecule has 0 spiro atoms. The van der Waals surface area contributed by atoms with E-state index in [9.17, 15) is 5.26 Å². The largest absolute Gasteiger partial charge is 0.373 e. The van der Waals surface area contributed by atoms with Gasteiger partial charge in [-0.1, -0.05) is 26.8 Å². The van der Waals surface area contributed by atoms with Crippen LogP contribution in [0, 0.1) is 16.7 Å². The molecule has 92 valence electrons. The van der Waals surface area contributed by atoms with Crippen molar-refractivity contribution in [2.75, 3.05) is 24.7 Å². The summed E-state index contributed by atoms with van der Waals surface area (Å²) in [5.74, 6) is 0. The first-order valence-corrected chi connectivity index (χ1v) is 6.90. The van der Waals surface area contributed by atoms with Gasteiger partial charge in [-0.3, -0.25) is 0 Å². The van der Waals surface area contributed by atoms with E-state index in [-0.39, 0.29) is 5.41 Å². The van der Waals surface area contributed by atoms with Gasteiger partial charge < -0.3 is 4.90 Å². The number of thioether (sulfide) groups is 1. The van der Waals surface area contributed by atoms with Gasteiger partial charge in [-0.2, -0.15) is 5.26 Å². The zero-order valence-electron chi connectivity index (χ0n) is 11.2. The molecule has 0 aliphatic carbocycles. The van der Waals surface area contributed by atoms with E-state index in [1.807, 2.05) is 31.5 Å². The second kappa shape index (κ2) is 5.46. The second-order valence-corrected chi connectivity index (χ2v) is 6.23. The van der Waals surface area contributed by atoms with E-state index in [1.54, 1.807) is 11.8 Å². The number of benzene rings is 1. The van der Waals surface area contributed by atoms with Gasteiger partial charge in [0.05, 0.1) is 11.3 Å². The van der Waals surface area contributed by atoms with E-state index >= 15 is 0 Å². The van der Waals surface area contributed by atoms with Crippen LogP contribution in [0.4, 0.5) is 5.69 Å². The molecule has 0 N–H and O–H groups in total. The van der Waals surface area contributed by atoms with Crippen molar-refractivity contribution in [2.24, 2.45) is 5.41 Å². The van der Waals surface area contributed by atoms with Gasteiger partial charge in [0.1, 0.15) is 6.07 Å². The summed E-state index contributed by atoms with van der Waals surface area (Å²) in [5, 5.41) is 9.29. The molecule has 3 heteroatoms. The van der Waals surface area contributed by atoms with Gasteiger partial charge in [-0.05, 0) is 23.8 Å². The lowest BCUT2D eigenvalue weighted by atomic mass is 9.96. The Kier molecular flexibility index (Phi) is 4.47. The number of nitriles is 1. The first-order valence-electron chi connectivity index (χ1n) is 5.67. The number of nitrogens with zero attached hydrogens (tertiary/aromatic N) is 2. The zero-order valence-corrected chi connectivity index (χ0v) is 12.1. The molecule has 0 aromatic heterocycles. The van der Waals surface area contributed by atoms with Crippen molar-refractivity contribution >= 4 is 17.4 Å². The van der Waals surface area contributed by atoms with Crippen molar-refractivity contribution in [1.29, 1.82) is 5.26 Å². The predicted molar refractivity (Wildman–Crippen MR) is 75.7 cm³/mol. The van der Waals surface area contributed by atoms with Gasteiger partial charge in [-0.15, -0.1) is 11.8 Å². The number of rotatable bonds is 3. The third kappa shape index (κ3) is 3.67. The fourth-order valence-corrected chi connectivity index (χ4v) is 2.49.